The first-order chi connectivity index (χ1) is 15.4. The van der Waals surface area contributed by atoms with Gasteiger partial charge < -0.3 is 14.8 Å². The molecule has 176 valence electrons. The van der Waals surface area contributed by atoms with Crippen molar-refractivity contribution in [3.63, 3.8) is 0 Å². The van der Waals surface area contributed by atoms with Crippen molar-refractivity contribution in [3.8, 4) is 5.69 Å². The normalized spacial score (nSPS) is 17.6. The lowest BCUT2D eigenvalue weighted by atomic mass is 9.78. The predicted octanol–water partition coefficient (Wildman–Crippen LogP) is 2.70. The molecule has 33 heavy (non-hydrogen) atoms. The lowest BCUT2D eigenvalue weighted by molar-refractivity contribution is 0.0762. The number of likely N-dealkylation sites (tertiary alicyclic amines) is 1. The molecule has 0 atom stereocenters. The Morgan fingerprint density at radius 1 is 1.06 bits per heavy atom. The van der Waals surface area contributed by atoms with Crippen LogP contribution in [0.4, 0.5) is 0 Å². The SMILES string of the molecule is CC(C)n1ccc2c(-n3ccc(=O)[nH]c3=O)cc(C(=O)N3CCC4(CCNCC4)C3)cc21.Cl. The summed E-state index contributed by atoms with van der Waals surface area (Å²) >= 11 is 0. The molecule has 2 aliphatic heterocycles. The number of nitrogens with zero attached hydrogens (tertiary/aromatic N) is 3. The van der Waals surface area contributed by atoms with Crippen molar-refractivity contribution in [2.24, 2.45) is 5.41 Å². The zero-order valence-corrected chi connectivity index (χ0v) is 19.8. The van der Waals surface area contributed by atoms with Gasteiger partial charge in [-0.15, -0.1) is 12.4 Å². The molecule has 8 nitrogen and oxygen atoms in total. The molecule has 1 aromatic carbocycles. The molecule has 0 unspecified atom stereocenters. The van der Waals surface area contributed by atoms with Crippen LogP contribution < -0.4 is 16.6 Å². The fourth-order valence-corrected chi connectivity index (χ4v) is 5.28. The Bertz CT molecular complexity index is 1300. The van der Waals surface area contributed by atoms with E-state index >= 15 is 0 Å². The summed E-state index contributed by atoms with van der Waals surface area (Å²) in [7, 11) is 0. The Labute approximate surface area is 198 Å². The number of hydrogen-bond donors (Lipinski definition) is 2. The second kappa shape index (κ2) is 8.83. The van der Waals surface area contributed by atoms with Crippen LogP contribution in [0.1, 0.15) is 49.5 Å². The van der Waals surface area contributed by atoms with Crippen LogP contribution in [0.3, 0.4) is 0 Å². The molecule has 2 aromatic heterocycles. The van der Waals surface area contributed by atoms with Crippen LogP contribution in [0.15, 0.2) is 46.2 Å². The van der Waals surface area contributed by atoms with E-state index in [1.54, 1.807) is 6.07 Å². The average Bonchev–Trinajstić information content (AvgIpc) is 3.38. The minimum absolute atomic E-state index is 0. The molecule has 3 aromatic rings. The highest BCUT2D eigenvalue weighted by Gasteiger charge is 2.40. The van der Waals surface area contributed by atoms with E-state index < -0.39 is 11.2 Å². The summed E-state index contributed by atoms with van der Waals surface area (Å²) in [5.41, 5.74) is 1.32. The van der Waals surface area contributed by atoms with Crippen LogP contribution in [-0.4, -0.2) is 51.1 Å². The zero-order chi connectivity index (χ0) is 22.5. The van der Waals surface area contributed by atoms with E-state index in [4.69, 9.17) is 0 Å². The van der Waals surface area contributed by atoms with Crippen molar-refractivity contribution >= 4 is 29.2 Å². The number of amides is 1. The molecule has 2 aliphatic rings. The summed E-state index contributed by atoms with van der Waals surface area (Å²) < 4.78 is 3.51. The van der Waals surface area contributed by atoms with E-state index in [0.29, 0.717) is 11.3 Å². The van der Waals surface area contributed by atoms with Gasteiger partial charge in [0.2, 0.25) is 0 Å². The molecule has 4 heterocycles. The van der Waals surface area contributed by atoms with Crippen LogP contribution in [0, 0.1) is 5.41 Å². The molecule has 0 saturated carbocycles. The highest BCUT2D eigenvalue weighted by atomic mass is 35.5. The van der Waals surface area contributed by atoms with Gasteiger partial charge in [-0.2, -0.15) is 0 Å². The first kappa shape index (κ1) is 23.3. The van der Waals surface area contributed by atoms with E-state index in [9.17, 15) is 14.4 Å². The van der Waals surface area contributed by atoms with E-state index in [1.165, 1.54) is 16.8 Å². The van der Waals surface area contributed by atoms with E-state index in [-0.39, 0.29) is 29.8 Å². The van der Waals surface area contributed by atoms with Gasteiger partial charge in [0.25, 0.3) is 11.5 Å². The molecule has 1 amide bonds. The molecule has 0 aliphatic carbocycles. The van der Waals surface area contributed by atoms with E-state index in [2.05, 4.69) is 28.7 Å². The Hall–Kier alpha value is -2.84. The van der Waals surface area contributed by atoms with Crippen molar-refractivity contribution in [1.82, 2.24) is 24.3 Å². The Kier molecular flexibility index (Phi) is 6.24. The summed E-state index contributed by atoms with van der Waals surface area (Å²) in [6.07, 6.45) is 6.69. The first-order valence-corrected chi connectivity index (χ1v) is 11.3. The quantitative estimate of drug-likeness (QED) is 0.614. The fourth-order valence-electron chi connectivity index (χ4n) is 5.28. The van der Waals surface area contributed by atoms with Crippen molar-refractivity contribution in [2.75, 3.05) is 26.2 Å². The van der Waals surface area contributed by atoms with Gasteiger partial charge in [0.15, 0.2) is 0 Å². The average molecular weight is 472 g/mol. The maximum absolute atomic E-state index is 13.6. The van der Waals surface area contributed by atoms with Crippen molar-refractivity contribution in [2.45, 2.75) is 39.2 Å². The molecule has 0 radical (unpaired) electrons. The van der Waals surface area contributed by atoms with Crippen LogP contribution in [0.25, 0.3) is 16.6 Å². The number of piperidine rings is 1. The standard InChI is InChI=1S/C24H29N5O3.ClH/c1-16(2)28-10-3-18-19(28)13-17(14-20(18)29-11-4-21(30)26-23(29)32)22(31)27-12-7-24(15-27)5-8-25-9-6-24;/h3-4,10-11,13-14,16,25H,5-9,12,15H2,1-2H3,(H,26,30,32);1H. The van der Waals surface area contributed by atoms with Gasteiger partial charge in [0, 0.05) is 48.5 Å². The van der Waals surface area contributed by atoms with Crippen LogP contribution in [0.2, 0.25) is 0 Å². The van der Waals surface area contributed by atoms with Gasteiger partial charge >= 0.3 is 5.69 Å². The van der Waals surface area contributed by atoms with Gasteiger partial charge in [-0.1, -0.05) is 0 Å². The third kappa shape index (κ3) is 4.13. The Morgan fingerprint density at radius 2 is 1.82 bits per heavy atom. The number of fused-ring (bicyclic) bond motifs is 1. The minimum Gasteiger partial charge on any atom is -0.345 e. The van der Waals surface area contributed by atoms with Gasteiger partial charge in [0.05, 0.1) is 11.2 Å². The van der Waals surface area contributed by atoms with Crippen molar-refractivity contribution in [3.05, 3.63) is 63.1 Å². The number of H-pyrrole nitrogens is 1. The molecule has 1 spiro atoms. The number of halogens is 1. The Balaban J connectivity index is 0.00000259. The fraction of sp³-hybridized carbons (Fsp3) is 0.458. The molecule has 5 rings (SSSR count). The van der Waals surface area contributed by atoms with Gasteiger partial charge in [-0.3, -0.25) is 19.1 Å². The predicted molar refractivity (Wildman–Crippen MR) is 131 cm³/mol. The van der Waals surface area contributed by atoms with Crippen LogP contribution in [-0.2, 0) is 0 Å². The number of carbonyl (C=O) groups excluding carboxylic acids is 1. The number of rotatable bonds is 3. The largest absolute Gasteiger partial charge is 0.345 e. The summed E-state index contributed by atoms with van der Waals surface area (Å²) in [6, 6.07) is 7.19. The van der Waals surface area contributed by atoms with Crippen LogP contribution in [0.5, 0.6) is 0 Å². The maximum Gasteiger partial charge on any atom is 0.332 e. The highest BCUT2D eigenvalue weighted by Crippen LogP contribution is 2.39. The number of hydrogen-bond acceptors (Lipinski definition) is 4. The monoisotopic (exact) mass is 471 g/mol. The number of aromatic nitrogens is 3. The lowest BCUT2D eigenvalue weighted by Crippen LogP contribution is -2.39. The first-order valence-electron chi connectivity index (χ1n) is 11.3. The third-order valence-electron chi connectivity index (χ3n) is 7.09. The lowest BCUT2D eigenvalue weighted by Gasteiger charge is -2.33. The summed E-state index contributed by atoms with van der Waals surface area (Å²) in [5, 5.41) is 4.28. The number of carbonyl (C=O) groups is 1. The summed E-state index contributed by atoms with van der Waals surface area (Å²) in [6.45, 7) is 7.73. The van der Waals surface area contributed by atoms with Crippen molar-refractivity contribution in [1.29, 1.82) is 0 Å². The molecule has 2 fully saturated rings. The highest BCUT2D eigenvalue weighted by molar-refractivity contribution is 6.01. The number of aromatic amines is 1. The molecule has 2 saturated heterocycles. The zero-order valence-electron chi connectivity index (χ0n) is 19.0. The molecule has 2 N–H and O–H groups in total. The van der Waals surface area contributed by atoms with Gasteiger partial charge in [0.1, 0.15) is 0 Å². The third-order valence-corrected chi connectivity index (χ3v) is 7.09. The molecular weight excluding hydrogens is 442 g/mol. The van der Waals surface area contributed by atoms with Crippen LogP contribution >= 0.6 is 12.4 Å². The van der Waals surface area contributed by atoms with Gasteiger partial charge in [-0.05, 0) is 69.8 Å². The molecule has 0 bridgehead atoms. The second-order valence-corrected chi connectivity index (χ2v) is 9.45. The second-order valence-electron chi connectivity index (χ2n) is 9.45. The number of nitrogens with one attached hydrogen (secondary N) is 2. The topological polar surface area (TPSA) is 92.1 Å². The van der Waals surface area contributed by atoms with E-state index in [1.807, 2.05) is 23.2 Å². The Morgan fingerprint density at radius 3 is 2.52 bits per heavy atom. The number of benzene rings is 1. The van der Waals surface area contributed by atoms with Crippen molar-refractivity contribution < 1.29 is 4.79 Å². The summed E-state index contributed by atoms with van der Waals surface area (Å²) in [4.78, 5) is 42.0. The molecule has 9 heteroatoms. The summed E-state index contributed by atoms with van der Waals surface area (Å²) in [5.74, 6) is -0.00228. The van der Waals surface area contributed by atoms with E-state index in [0.717, 1.165) is 56.3 Å². The smallest absolute Gasteiger partial charge is 0.332 e. The minimum atomic E-state index is -0.518. The molecular formula is C24H30ClN5O3. The maximum atomic E-state index is 13.6. The van der Waals surface area contributed by atoms with Gasteiger partial charge in [-0.25, -0.2) is 4.79 Å².